The predicted molar refractivity (Wildman–Crippen MR) is 309 cm³/mol. The number of aromatic nitrogens is 3. The van der Waals surface area contributed by atoms with Crippen LogP contribution in [0.2, 0.25) is 0 Å². The van der Waals surface area contributed by atoms with E-state index < -0.39 is 41.7 Å². The zero-order valence-corrected chi connectivity index (χ0v) is 50.2. The van der Waals surface area contributed by atoms with Crippen LogP contribution in [0.25, 0.3) is 27.6 Å². The van der Waals surface area contributed by atoms with E-state index in [9.17, 15) is 38.7 Å². The van der Waals surface area contributed by atoms with E-state index in [1.807, 2.05) is 24.3 Å². The van der Waals surface area contributed by atoms with Crippen molar-refractivity contribution in [3.63, 3.8) is 0 Å². The van der Waals surface area contributed by atoms with Crippen molar-refractivity contribution in [1.82, 2.24) is 34.6 Å². The predicted octanol–water partition coefficient (Wildman–Crippen LogP) is 4.04. The van der Waals surface area contributed by atoms with Crippen LogP contribution in [0.15, 0.2) is 101 Å². The summed E-state index contributed by atoms with van der Waals surface area (Å²) in [6.07, 6.45) is 7.44. The largest absolute Gasteiger partial charge is 0.392 e. The Hall–Kier alpha value is -7.06. The Kier molecular flexibility index (Phi) is 23.2. The van der Waals surface area contributed by atoms with Gasteiger partial charge in [-0.1, -0.05) is 23.8 Å². The van der Waals surface area contributed by atoms with E-state index in [1.165, 1.54) is 27.3 Å². The second-order valence-corrected chi connectivity index (χ2v) is 20.4. The number of carbonyl (C=O) groups is 5. The van der Waals surface area contributed by atoms with Crippen LogP contribution < -0.4 is 32.0 Å². The molecule has 3 aromatic carbocycles. The molecule has 3 fully saturated rings. The Morgan fingerprint density at radius 3 is 2.12 bits per heavy atom. The number of hydrogen-bond donors (Lipinski definition) is 4. The van der Waals surface area contributed by atoms with Crippen LogP contribution in [0, 0.1) is 18.8 Å². The average molecular weight is 1240 g/mol. The topological polar surface area (TPSA) is 254 Å². The van der Waals surface area contributed by atoms with Crippen LogP contribution in [0.5, 0.6) is 0 Å². The fraction of sp³-hybridized carbons (Fsp3) is 0.393. The number of ether oxygens (including phenoxy) is 5. The van der Waals surface area contributed by atoms with Crippen LogP contribution in [0.3, 0.4) is 0 Å². The number of piperidine rings is 1. The number of anilines is 3. The fourth-order valence-electron chi connectivity index (χ4n) is 10.2. The molecule has 1 saturated carbocycles. The number of amides is 5. The maximum Gasteiger partial charge on any atom is 0.274 e. The zero-order valence-electron chi connectivity index (χ0n) is 47.4. The van der Waals surface area contributed by atoms with Crippen molar-refractivity contribution in [3.8, 4) is 16.8 Å². The number of benzene rings is 3. The fourth-order valence-corrected chi connectivity index (χ4v) is 10.2. The number of aryl methyl sites for hydroxylation is 1. The molecule has 6 heterocycles. The van der Waals surface area contributed by atoms with Crippen molar-refractivity contribution in [3.05, 3.63) is 153 Å². The molecule has 3 aromatic heterocycles. The molecule has 0 spiro atoms. The second-order valence-electron chi connectivity index (χ2n) is 20.4. The van der Waals surface area contributed by atoms with E-state index in [2.05, 4.69) is 43.7 Å². The number of hydrogen-bond acceptors (Lipinski definition) is 17. The molecule has 24 heteroatoms. The molecule has 4 N–H and O–H groups in total. The van der Waals surface area contributed by atoms with Crippen LogP contribution >= 0.6 is 0 Å². The van der Waals surface area contributed by atoms with Gasteiger partial charge in [-0.25, -0.2) is 9.37 Å². The first kappa shape index (κ1) is 64.0. The summed E-state index contributed by atoms with van der Waals surface area (Å²) in [4.78, 5) is 95.1. The number of aliphatic hydroxyl groups excluding tert-OH is 1. The molecule has 5 amide bonds. The minimum atomic E-state index is -0.918. The first-order valence-electron chi connectivity index (χ1n) is 28.0. The van der Waals surface area contributed by atoms with Gasteiger partial charge in [0.15, 0.2) is 5.91 Å². The summed E-state index contributed by atoms with van der Waals surface area (Å²) in [5, 5.41) is 19.1. The van der Waals surface area contributed by atoms with Gasteiger partial charge in [0.25, 0.3) is 11.1 Å². The summed E-state index contributed by atoms with van der Waals surface area (Å²) in [5.74, 6) is -2.05. The number of nitrogens with one attached hydrogen (secondary N) is 3. The summed E-state index contributed by atoms with van der Waals surface area (Å²) in [5.41, 5.74) is 3.98. The molecule has 1 atom stereocenters. The van der Waals surface area contributed by atoms with Crippen molar-refractivity contribution in [1.29, 1.82) is 0 Å². The number of imide groups is 2. The molecule has 0 bridgehead atoms. The molecule has 1 aliphatic carbocycles. The smallest absolute Gasteiger partial charge is 0.274 e. The van der Waals surface area contributed by atoms with Gasteiger partial charge >= 0.3 is 0 Å². The molecule has 4 aliphatic rings. The maximum absolute atomic E-state index is 15.4. The van der Waals surface area contributed by atoms with Crippen LogP contribution in [0.4, 0.5) is 21.6 Å². The average Bonchev–Trinajstić information content (AvgIpc) is 2.99. The molecular formula is C61H68FN9O13Y-2. The number of pyridine rings is 3. The molecule has 1 radical (unpaired) electrons. The first-order valence-corrected chi connectivity index (χ1v) is 28.0. The number of carbonyl (C=O) groups excluding carboxylic acids is 5. The molecule has 2 saturated heterocycles. The standard InChI is InChI=1S/C48H59FN7O9.C13H9N2O4.Y/c1-34(58)50-11-18-61-20-22-63-24-26-65-27-25-64-23-21-62-19-17-54-13-15-55(16-14-54)39-8-9-45(51-31-39)52-43-30-38(32-53(2)47(43)59)40-4-3-5-44(41(40)33-57)56-12-10-36-28-37(35-6-7-35)29-42(49)46(36)48(56)60;16-10-6-5-9(11(17)14-10)15-12(18)7-3-1-2-4-8(7)13(15)19;/h3-5,8-10,12,28-32,35,57H,1,6-7,11,13-27,33H2,2H3,(H,50,58)(H,51,52);1-3,9H,5-6H2,(H,14,16,17);/q2*-1;. The number of aliphatic hydroxyl groups is 1. The maximum atomic E-state index is 15.4. The van der Waals surface area contributed by atoms with Crippen molar-refractivity contribution in [2.75, 3.05) is 116 Å². The van der Waals surface area contributed by atoms with Gasteiger partial charge in [-0.15, -0.1) is 24.3 Å². The third-order valence-corrected chi connectivity index (χ3v) is 14.7. The molecule has 10 rings (SSSR count). The molecule has 22 nitrogen and oxygen atoms in total. The Balaban J connectivity index is 0.000000395. The molecule has 85 heavy (non-hydrogen) atoms. The third-order valence-electron chi connectivity index (χ3n) is 14.7. The van der Waals surface area contributed by atoms with E-state index in [0.717, 1.165) is 61.7 Å². The van der Waals surface area contributed by atoms with Gasteiger partial charge in [0, 0.05) is 109 Å². The quantitative estimate of drug-likeness (QED) is 0.0340. The normalized spacial score (nSPS) is 16.0. The van der Waals surface area contributed by atoms with E-state index in [0.29, 0.717) is 118 Å². The molecule has 1 unspecified atom stereocenters. The van der Waals surface area contributed by atoms with Crippen molar-refractivity contribution in [2.24, 2.45) is 7.05 Å². The minimum Gasteiger partial charge on any atom is -0.392 e. The second kappa shape index (κ2) is 30.8. The van der Waals surface area contributed by atoms with Crippen molar-refractivity contribution >= 4 is 57.5 Å². The summed E-state index contributed by atoms with van der Waals surface area (Å²) in [6, 6.07) is 22.4. The Labute approximate surface area is 515 Å². The molecular weight excluding hydrogens is 1170 g/mol. The van der Waals surface area contributed by atoms with Gasteiger partial charge in [0.1, 0.15) is 23.4 Å². The van der Waals surface area contributed by atoms with Gasteiger partial charge in [-0.3, -0.25) is 38.8 Å². The van der Waals surface area contributed by atoms with Gasteiger partial charge < -0.3 is 70.3 Å². The van der Waals surface area contributed by atoms with Crippen molar-refractivity contribution in [2.45, 2.75) is 44.2 Å². The van der Waals surface area contributed by atoms with Crippen LogP contribution in [-0.2, 0) is 84.4 Å². The van der Waals surface area contributed by atoms with E-state index in [4.69, 9.17) is 23.7 Å². The van der Waals surface area contributed by atoms with E-state index in [1.54, 1.807) is 56.0 Å². The SMILES string of the molecule is O=C1CCC(N2C(=O)c3[c-]cccc3C2=O)C(=O)N1.[CH2-]C(=O)NCCOCCOCCOCCOCCOCCN1CCN(c2ccc(Nc3cc(-c4cccc(-n5ccc6cc(C7CC7)cc(F)c6c5=O)c4CO)cn(C)c3=O)nc2)CC1.[Y]. The van der Waals surface area contributed by atoms with Gasteiger partial charge in [0.2, 0.25) is 17.7 Å². The summed E-state index contributed by atoms with van der Waals surface area (Å²) in [6.45, 7) is 12.4. The number of nitrogens with zero attached hydrogens (tertiary/aromatic N) is 6. The van der Waals surface area contributed by atoms with E-state index >= 15 is 4.39 Å². The van der Waals surface area contributed by atoms with Crippen LogP contribution in [-0.4, -0.2) is 170 Å². The Morgan fingerprint density at radius 1 is 0.800 bits per heavy atom. The first-order chi connectivity index (χ1) is 40.8. The summed E-state index contributed by atoms with van der Waals surface area (Å²) >= 11 is 0. The minimum absolute atomic E-state index is 0. The van der Waals surface area contributed by atoms with Gasteiger partial charge in [0.05, 0.1) is 102 Å². The Morgan fingerprint density at radius 2 is 1.48 bits per heavy atom. The van der Waals surface area contributed by atoms with Crippen molar-refractivity contribution < 1.29 is 89.9 Å². The zero-order chi connectivity index (χ0) is 59.1. The van der Waals surface area contributed by atoms with Crippen LogP contribution in [0.1, 0.15) is 63.4 Å². The van der Waals surface area contributed by atoms with E-state index in [-0.39, 0.29) is 79.4 Å². The monoisotopic (exact) mass is 1240 g/mol. The van der Waals surface area contributed by atoms with Gasteiger partial charge in [-0.05, 0) is 83.7 Å². The summed E-state index contributed by atoms with van der Waals surface area (Å²) < 4.78 is 45.9. The number of halogens is 1. The summed E-state index contributed by atoms with van der Waals surface area (Å²) in [7, 11) is 1.65. The Bertz CT molecular complexity index is 3430. The number of fused-ring (bicyclic) bond motifs is 2. The molecule has 447 valence electrons. The number of piperazine rings is 1. The number of rotatable bonds is 26. The molecule has 3 aliphatic heterocycles. The third kappa shape index (κ3) is 16.5. The molecule has 6 aromatic rings. The van der Waals surface area contributed by atoms with Gasteiger partial charge in [-0.2, -0.15) is 0 Å².